The van der Waals surface area contributed by atoms with Crippen molar-refractivity contribution in [1.29, 1.82) is 0 Å². The van der Waals surface area contributed by atoms with Crippen LogP contribution in [0.2, 0.25) is 19.1 Å². The highest BCUT2D eigenvalue weighted by molar-refractivity contribution is 6.91. The second-order valence-corrected chi connectivity index (χ2v) is 20.3. The molecule has 3 nitrogen and oxygen atoms in total. The Balaban J connectivity index is 1.04. The molecule has 4 heteroatoms. The van der Waals surface area contributed by atoms with E-state index < -0.39 is 8.07 Å². The molecule has 0 atom stereocenters. The number of furan rings is 2. The van der Waals surface area contributed by atoms with E-state index in [2.05, 4.69) is 182 Å². The fraction of sp³-hybridized carbons (Fsp3) is 0.0769. The predicted molar refractivity (Wildman–Crippen MR) is 241 cm³/mol. The van der Waals surface area contributed by atoms with E-state index in [1.807, 2.05) is 19.1 Å². The minimum absolute atomic E-state index is 0.905. The van der Waals surface area contributed by atoms with Crippen LogP contribution in [0.5, 0.6) is 0 Å². The van der Waals surface area contributed by atoms with Crippen molar-refractivity contribution in [3.8, 4) is 16.8 Å². The number of benzene rings is 7. The van der Waals surface area contributed by atoms with Gasteiger partial charge in [0.15, 0.2) is 0 Å². The lowest BCUT2D eigenvalue weighted by Crippen LogP contribution is -2.40. The van der Waals surface area contributed by atoms with Crippen LogP contribution >= 0.6 is 0 Å². The molecule has 7 aromatic carbocycles. The molecule has 0 saturated carbocycles. The molecule has 0 amide bonds. The number of nitrogens with zero attached hydrogens (tertiary/aromatic N) is 1. The van der Waals surface area contributed by atoms with Crippen molar-refractivity contribution in [2.24, 2.45) is 0 Å². The number of hydrogen-bond donors (Lipinski definition) is 0. The molecule has 10 rings (SSSR count). The lowest BCUT2D eigenvalue weighted by Gasteiger charge is -2.22. The van der Waals surface area contributed by atoms with Gasteiger partial charge in [-0.1, -0.05) is 165 Å². The lowest BCUT2D eigenvalue weighted by atomic mass is 10.0. The van der Waals surface area contributed by atoms with Gasteiger partial charge in [-0.25, -0.2) is 0 Å². The van der Waals surface area contributed by atoms with E-state index in [1.54, 1.807) is 0 Å². The van der Waals surface area contributed by atoms with Crippen molar-refractivity contribution in [2.75, 3.05) is 0 Å². The fourth-order valence-electron chi connectivity index (χ4n) is 8.52. The zero-order valence-electron chi connectivity index (χ0n) is 31.8. The Labute approximate surface area is 327 Å². The predicted octanol–water partition coefficient (Wildman–Crippen LogP) is 14.4. The minimum atomic E-state index is -2.10. The van der Waals surface area contributed by atoms with E-state index in [1.165, 1.54) is 32.4 Å². The zero-order valence-corrected chi connectivity index (χ0v) is 32.8. The molecule has 56 heavy (non-hydrogen) atoms. The zero-order chi connectivity index (χ0) is 38.0. The Hall–Kier alpha value is -6.62. The van der Waals surface area contributed by atoms with Crippen LogP contribution in [-0.2, 0) is 0 Å². The summed E-state index contributed by atoms with van der Waals surface area (Å²) in [5.41, 5.74) is 12.8. The third-order valence-corrected chi connectivity index (χ3v) is 14.4. The summed E-state index contributed by atoms with van der Waals surface area (Å²) in [7, 11) is -2.10. The van der Waals surface area contributed by atoms with Gasteiger partial charge in [0, 0.05) is 49.1 Å². The molecule has 270 valence electrons. The van der Waals surface area contributed by atoms with Gasteiger partial charge in [0.2, 0.25) is 0 Å². The molecular weight excluding hydrogens is 699 g/mol. The molecule has 0 unspecified atom stereocenters. The Morgan fingerprint density at radius 3 is 1.88 bits per heavy atom. The molecule has 0 radical (unpaired) electrons. The van der Waals surface area contributed by atoms with Crippen LogP contribution in [0.15, 0.2) is 191 Å². The maximum absolute atomic E-state index is 7.00. The topological polar surface area (TPSA) is 31.2 Å². The second kappa shape index (κ2) is 13.3. The van der Waals surface area contributed by atoms with Gasteiger partial charge >= 0.3 is 0 Å². The second-order valence-electron chi connectivity index (χ2n) is 15.6. The Morgan fingerprint density at radius 1 is 0.571 bits per heavy atom. The van der Waals surface area contributed by atoms with Gasteiger partial charge in [-0.3, -0.25) is 0 Å². The Morgan fingerprint density at radius 2 is 1.16 bits per heavy atom. The molecule has 0 aliphatic rings. The Kier molecular flexibility index (Phi) is 8.05. The van der Waals surface area contributed by atoms with Gasteiger partial charge in [0.1, 0.15) is 22.3 Å². The van der Waals surface area contributed by atoms with E-state index in [0.29, 0.717) is 0 Å². The van der Waals surface area contributed by atoms with Crippen LogP contribution < -0.4 is 5.19 Å². The lowest BCUT2D eigenvalue weighted by molar-refractivity contribution is 0.667. The first-order chi connectivity index (χ1) is 27.4. The van der Waals surface area contributed by atoms with Gasteiger partial charge in [-0.15, -0.1) is 0 Å². The van der Waals surface area contributed by atoms with E-state index in [-0.39, 0.29) is 0 Å². The summed E-state index contributed by atoms with van der Waals surface area (Å²) in [6.45, 7) is 11.1. The smallest absolute Gasteiger partial charge is 0.143 e. The molecule has 3 aromatic heterocycles. The highest BCUT2D eigenvalue weighted by Gasteiger charge is 2.28. The minimum Gasteiger partial charge on any atom is -0.456 e. The summed E-state index contributed by atoms with van der Waals surface area (Å²) in [5, 5.41) is 8.43. The molecule has 0 aliphatic heterocycles. The van der Waals surface area contributed by atoms with Gasteiger partial charge in [-0.2, -0.15) is 0 Å². The van der Waals surface area contributed by atoms with Crippen molar-refractivity contribution in [3.63, 3.8) is 0 Å². The first kappa shape index (κ1) is 33.9. The number of hydrogen-bond acceptors (Lipinski definition) is 2. The third-order valence-electron chi connectivity index (χ3n) is 11.4. The first-order valence-electron chi connectivity index (χ1n) is 19.3. The van der Waals surface area contributed by atoms with Gasteiger partial charge < -0.3 is 13.4 Å². The largest absolute Gasteiger partial charge is 0.456 e. The first-order valence-corrected chi connectivity index (χ1v) is 22.5. The Bertz CT molecular complexity index is 3170. The summed E-state index contributed by atoms with van der Waals surface area (Å²) in [5.74, 6) is 0. The molecule has 0 bridgehead atoms. The summed E-state index contributed by atoms with van der Waals surface area (Å²) >= 11 is 0. The van der Waals surface area contributed by atoms with E-state index in [4.69, 9.17) is 8.83 Å². The average molecular weight is 740 g/mol. The number of fused-ring (bicyclic) bond motifs is 9. The molecule has 0 N–H and O–H groups in total. The van der Waals surface area contributed by atoms with Crippen LogP contribution in [0.4, 0.5) is 0 Å². The van der Waals surface area contributed by atoms with Crippen molar-refractivity contribution >= 4 is 84.5 Å². The van der Waals surface area contributed by atoms with Crippen LogP contribution in [0.1, 0.15) is 12.5 Å². The van der Waals surface area contributed by atoms with E-state index >= 15 is 0 Å². The highest BCUT2D eigenvalue weighted by atomic mass is 28.3. The average Bonchev–Trinajstić information content (AvgIpc) is 3.91. The maximum Gasteiger partial charge on any atom is 0.143 e. The molecule has 0 spiro atoms. The molecular formula is C52H41NO2Si. The van der Waals surface area contributed by atoms with Crippen molar-refractivity contribution in [3.05, 3.63) is 188 Å². The van der Waals surface area contributed by atoms with Gasteiger partial charge in [0.05, 0.1) is 19.1 Å². The van der Waals surface area contributed by atoms with Gasteiger partial charge in [0.25, 0.3) is 0 Å². The third kappa shape index (κ3) is 5.56. The molecule has 0 aliphatic carbocycles. The van der Waals surface area contributed by atoms with Crippen LogP contribution in [0.3, 0.4) is 0 Å². The normalized spacial score (nSPS) is 12.7. The van der Waals surface area contributed by atoms with Crippen LogP contribution in [-0.4, -0.2) is 12.6 Å². The molecule has 0 saturated heterocycles. The fourth-order valence-corrected chi connectivity index (χ4v) is 10.8. The van der Waals surface area contributed by atoms with Crippen molar-refractivity contribution < 1.29 is 8.83 Å². The summed E-state index contributed by atoms with van der Waals surface area (Å²) < 4.78 is 15.8. The molecule has 0 fully saturated rings. The van der Waals surface area contributed by atoms with Gasteiger partial charge in [-0.05, 0) is 59.6 Å². The van der Waals surface area contributed by atoms with Crippen LogP contribution in [0, 0.1) is 0 Å². The van der Waals surface area contributed by atoms with E-state index in [0.717, 1.165) is 78.1 Å². The van der Waals surface area contributed by atoms with Crippen molar-refractivity contribution in [1.82, 2.24) is 4.57 Å². The monoisotopic (exact) mass is 739 g/mol. The summed E-state index contributed by atoms with van der Waals surface area (Å²) in [6.07, 6.45) is 6.69. The van der Waals surface area contributed by atoms with Crippen molar-refractivity contribution in [2.45, 2.75) is 26.1 Å². The number of rotatable bonds is 8. The summed E-state index contributed by atoms with van der Waals surface area (Å²) in [6, 6.07) is 55.1. The number of allylic oxidation sites excluding steroid dienone is 5. The molecule has 10 aromatic rings. The summed E-state index contributed by atoms with van der Waals surface area (Å²) in [4.78, 5) is 0. The molecule has 3 heterocycles. The standard InChI is InChI=1S/C52H41NO2Si/c1-34(2)26-27-36(39-18-11-19-43-42-16-7-10-24-48(42)54-50(39)43)32-33-56(3,4)49-25-13-21-45-44-20-12-17-38(51(44)55-52(45)49)35-28-30-37(31-29-35)53-46-22-8-5-14-40(46)41-15-6-9-23-47(41)53/h5-32H,1,33H2,2-4H3. The highest BCUT2D eigenvalue weighted by Crippen LogP contribution is 2.39. The number of aromatic nitrogens is 1. The van der Waals surface area contributed by atoms with Crippen LogP contribution in [0.25, 0.3) is 88.1 Å². The quantitative estimate of drug-likeness (QED) is 0.115. The maximum atomic E-state index is 7.00. The SMILES string of the molecule is C=C(C)C=CC(=CC[Si](C)(C)c1cccc2c1oc1c(-c3ccc(-n4c5ccccc5c5ccccc54)cc3)cccc12)c1cccc2c1oc1ccccc12. The van der Waals surface area contributed by atoms with E-state index in [9.17, 15) is 0 Å². The number of para-hydroxylation sites is 6.